The van der Waals surface area contributed by atoms with Crippen LogP contribution in [0.3, 0.4) is 0 Å². The topological polar surface area (TPSA) is 84.3 Å². The Morgan fingerprint density at radius 3 is 2.45 bits per heavy atom. The largest absolute Gasteiger partial charge is 0.383 e. The van der Waals surface area contributed by atoms with Gasteiger partial charge < -0.3 is 10.6 Å². The van der Waals surface area contributed by atoms with Crippen molar-refractivity contribution in [1.82, 2.24) is 0 Å². The van der Waals surface area contributed by atoms with Gasteiger partial charge in [0.1, 0.15) is 5.69 Å². The van der Waals surface area contributed by atoms with Crippen molar-refractivity contribution in [3.63, 3.8) is 0 Å². The van der Waals surface area contributed by atoms with Crippen molar-refractivity contribution in [3.05, 3.63) is 62.1 Å². The van der Waals surface area contributed by atoms with Gasteiger partial charge in [-0.2, -0.15) is 0 Å². The molecule has 8 heteroatoms. The summed E-state index contributed by atoms with van der Waals surface area (Å²) in [6.07, 6.45) is 0. The first-order valence-corrected chi connectivity index (χ1v) is 6.90. The Bertz CT molecular complexity index is 750. The summed E-state index contributed by atoms with van der Waals surface area (Å²) in [4.78, 5) is 22.6. The van der Waals surface area contributed by atoms with Gasteiger partial charge in [0, 0.05) is 24.4 Å². The number of carbonyl (C=O) groups is 1. The third-order valence-corrected chi connectivity index (χ3v) is 3.64. The van der Waals surface area contributed by atoms with E-state index in [1.807, 2.05) is 0 Å². The molecule has 0 aliphatic heterocycles. The summed E-state index contributed by atoms with van der Waals surface area (Å²) >= 11 is 11.7. The van der Waals surface area contributed by atoms with Crippen molar-refractivity contribution in [1.29, 1.82) is 0 Å². The quantitative estimate of drug-likeness (QED) is 0.645. The van der Waals surface area contributed by atoms with Crippen LogP contribution in [0.5, 0.6) is 0 Å². The molecule has 22 heavy (non-hydrogen) atoms. The fourth-order valence-corrected chi connectivity index (χ4v) is 2.11. The van der Waals surface area contributed by atoms with Crippen molar-refractivity contribution in [2.75, 3.05) is 17.7 Å². The Labute approximate surface area is 136 Å². The summed E-state index contributed by atoms with van der Waals surface area (Å²) < 4.78 is 0. The van der Waals surface area contributed by atoms with E-state index in [2.05, 4.69) is 10.6 Å². The molecule has 0 atom stereocenters. The molecule has 6 nitrogen and oxygen atoms in total. The van der Waals surface area contributed by atoms with Crippen molar-refractivity contribution in [2.45, 2.75) is 0 Å². The SMILES string of the molecule is CNc1ccc(C(=O)Nc2ccc(Cl)c(Cl)c2)cc1[N+](=O)[O-]. The molecule has 0 unspecified atom stereocenters. The fraction of sp³-hybridized carbons (Fsp3) is 0.0714. The summed E-state index contributed by atoms with van der Waals surface area (Å²) in [6.45, 7) is 0. The number of hydrogen-bond acceptors (Lipinski definition) is 4. The second kappa shape index (κ2) is 6.64. The molecule has 114 valence electrons. The van der Waals surface area contributed by atoms with Gasteiger partial charge in [-0.3, -0.25) is 14.9 Å². The molecule has 2 aromatic carbocycles. The minimum Gasteiger partial charge on any atom is -0.383 e. The molecule has 0 radical (unpaired) electrons. The van der Waals surface area contributed by atoms with E-state index >= 15 is 0 Å². The van der Waals surface area contributed by atoms with Crippen LogP contribution in [0.1, 0.15) is 10.4 Å². The van der Waals surface area contributed by atoms with Crippen LogP contribution in [0.4, 0.5) is 17.1 Å². The summed E-state index contributed by atoms with van der Waals surface area (Å²) in [5, 5.41) is 17.0. The second-order valence-corrected chi connectivity index (χ2v) is 5.14. The van der Waals surface area contributed by atoms with E-state index in [-0.39, 0.29) is 11.3 Å². The maximum Gasteiger partial charge on any atom is 0.293 e. The van der Waals surface area contributed by atoms with Gasteiger partial charge in [0.25, 0.3) is 11.6 Å². The first kappa shape index (κ1) is 16.1. The number of anilines is 2. The van der Waals surface area contributed by atoms with Crippen LogP contribution in [0.2, 0.25) is 10.0 Å². The lowest BCUT2D eigenvalue weighted by atomic mass is 10.1. The van der Waals surface area contributed by atoms with Crippen molar-refractivity contribution >= 4 is 46.2 Å². The monoisotopic (exact) mass is 339 g/mol. The molecule has 0 saturated heterocycles. The van der Waals surface area contributed by atoms with Crippen LogP contribution in [0.25, 0.3) is 0 Å². The molecule has 2 rings (SSSR count). The number of carbonyl (C=O) groups excluding carboxylic acids is 1. The molecule has 0 bridgehead atoms. The minimum absolute atomic E-state index is 0.164. The van der Waals surface area contributed by atoms with Crippen LogP contribution in [0.15, 0.2) is 36.4 Å². The van der Waals surface area contributed by atoms with Crippen LogP contribution >= 0.6 is 23.2 Å². The summed E-state index contributed by atoms with van der Waals surface area (Å²) in [6, 6.07) is 8.80. The molecule has 0 heterocycles. The highest BCUT2D eigenvalue weighted by molar-refractivity contribution is 6.42. The van der Waals surface area contributed by atoms with Crippen molar-refractivity contribution < 1.29 is 9.72 Å². The maximum atomic E-state index is 12.2. The molecule has 1 amide bonds. The van der Waals surface area contributed by atoms with Crippen molar-refractivity contribution in [2.24, 2.45) is 0 Å². The van der Waals surface area contributed by atoms with Gasteiger partial charge in [0.05, 0.1) is 15.0 Å². The van der Waals surface area contributed by atoms with E-state index in [1.54, 1.807) is 19.2 Å². The zero-order valence-corrected chi connectivity index (χ0v) is 12.9. The molecule has 2 N–H and O–H groups in total. The standard InChI is InChI=1S/C14H11Cl2N3O3/c1-17-12-5-2-8(6-13(12)19(21)22)14(20)18-9-3-4-10(15)11(16)7-9/h2-7,17H,1H3,(H,18,20). The van der Waals surface area contributed by atoms with E-state index in [0.717, 1.165) is 0 Å². The lowest BCUT2D eigenvalue weighted by Gasteiger charge is -2.08. The number of nitro groups is 1. The van der Waals surface area contributed by atoms with E-state index in [0.29, 0.717) is 21.4 Å². The maximum absolute atomic E-state index is 12.2. The molecule has 0 spiro atoms. The normalized spacial score (nSPS) is 10.1. The number of amides is 1. The third-order valence-electron chi connectivity index (χ3n) is 2.90. The minimum atomic E-state index is -0.554. The van der Waals surface area contributed by atoms with Gasteiger partial charge >= 0.3 is 0 Å². The lowest BCUT2D eigenvalue weighted by Crippen LogP contribution is -2.12. The Morgan fingerprint density at radius 1 is 1.14 bits per heavy atom. The average Bonchev–Trinajstić information content (AvgIpc) is 2.50. The summed E-state index contributed by atoms with van der Waals surface area (Å²) in [5.41, 5.74) is 0.761. The average molecular weight is 340 g/mol. The number of halogens is 2. The number of hydrogen-bond donors (Lipinski definition) is 2. The molecule has 2 aromatic rings. The van der Waals surface area contributed by atoms with E-state index in [1.165, 1.54) is 24.3 Å². The van der Waals surface area contributed by atoms with Gasteiger partial charge in [-0.05, 0) is 30.3 Å². The lowest BCUT2D eigenvalue weighted by molar-refractivity contribution is -0.384. The fourth-order valence-electron chi connectivity index (χ4n) is 1.81. The van der Waals surface area contributed by atoms with E-state index in [9.17, 15) is 14.9 Å². The number of rotatable bonds is 4. The smallest absolute Gasteiger partial charge is 0.293 e. The van der Waals surface area contributed by atoms with Gasteiger partial charge in [0.15, 0.2) is 0 Å². The molecule has 0 aromatic heterocycles. The Hall–Kier alpha value is -2.31. The van der Waals surface area contributed by atoms with Gasteiger partial charge in [0.2, 0.25) is 0 Å². The van der Waals surface area contributed by atoms with Crippen LogP contribution in [-0.2, 0) is 0 Å². The molecular weight excluding hydrogens is 329 g/mol. The highest BCUT2D eigenvalue weighted by atomic mass is 35.5. The highest BCUT2D eigenvalue weighted by Crippen LogP contribution is 2.27. The van der Waals surface area contributed by atoms with Gasteiger partial charge in [-0.15, -0.1) is 0 Å². The Morgan fingerprint density at radius 2 is 1.86 bits per heavy atom. The highest BCUT2D eigenvalue weighted by Gasteiger charge is 2.17. The Kier molecular flexibility index (Phi) is 4.85. The zero-order chi connectivity index (χ0) is 16.3. The number of nitrogens with one attached hydrogen (secondary N) is 2. The predicted molar refractivity (Wildman–Crippen MR) is 87.1 cm³/mol. The number of benzene rings is 2. The second-order valence-electron chi connectivity index (χ2n) is 4.32. The zero-order valence-electron chi connectivity index (χ0n) is 11.4. The predicted octanol–water partition coefficient (Wildman–Crippen LogP) is 4.20. The first-order chi connectivity index (χ1) is 10.4. The molecule has 0 aliphatic rings. The van der Waals surface area contributed by atoms with Crippen LogP contribution < -0.4 is 10.6 Å². The van der Waals surface area contributed by atoms with Gasteiger partial charge in [-0.1, -0.05) is 23.2 Å². The summed E-state index contributed by atoms with van der Waals surface area (Å²) in [7, 11) is 1.57. The molecule has 0 saturated carbocycles. The van der Waals surface area contributed by atoms with E-state index in [4.69, 9.17) is 23.2 Å². The Balaban J connectivity index is 2.27. The van der Waals surface area contributed by atoms with Crippen molar-refractivity contribution in [3.8, 4) is 0 Å². The van der Waals surface area contributed by atoms with Gasteiger partial charge in [-0.25, -0.2) is 0 Å². The summed E-state index contributed by atoms with van der Waals surface area (Å²) in [5.74, 6) is -0.482. The number of nitro benzene ring substituents is 1. The molecular formula is C14H11Cl2N3O3. The molecule has 0 fully saturated rings. The first-order valence-electron chi connectivity index (χ1n) is 6.15. The third kappa shape index (κ3) is 3.47. The molecule has 0 aliphatic carbocycles. The van der Waals surface area contributed by atoms with E-state index < -0.39 is 10.8 Å². The van der Waals surface area contributed by atoms with Crippen LogP contribution in [-0.4, -0.2) is 17.9 Å². The van der Waals surface area contributed by atoms with Crippen LogP contribution in [0, 0.1) is 10.1 Å². The number of nitrogens with zero attached hydrogens (tertiary/aromatic N) is 1.